The highest BCUT2D eigenvalue weighted by Crippen LogP contribution is 2.44. The average Bonchev–Trinajstić information content (AvgIpc) is 2.91. The summed E-state index contributed by atoms with van der Waals surface area (Å²) in [6.45, 7) is 3.44. The second-order valence-electron chi connectivity index (χ2n) is 6.12. The van der Waals surface area contributed by atoms with Gasteiger partial charge in [0.15, 0.2) is 0 Å². The van der Waals surface area contributed by atoms with Gasteiger partial charge in [-0.25, -0.2) is 0 Å². The summed E-state index contributed by atoms with van der Waals surface area (Å²) in [7, 11) is 2.07. The van der Waals surface area contributed by atoms with Crippen LogP contribution in [0.1, 0.15) is 64.7 Å². The molecular formula is C15H29NO. The molecule has 0 aromatic carbocycles. The lowest BCUT2D eigenvalue weighted by Crippen LogP contribution is -2.27. The molecule has 1 N–H and O–H groups in total. The van der Waals surface area contributed by atoms with E-state index in [1.165, 1.54) is 57.8 Å². The Morgan fingerprint density at radius 3 is 2.71 bits per heavy atom. The van der Waals surface area contributed by atoms with Gasteiger partial charge in [-0.1, -0.05) is 26.2 Å². The lowest BCUT2D eigenvalue weighted by atomic mass is 9.94. The Kier molecular flexibility index (Phi) is 4.87. The SMILES string of the molecule is CCCC(CNC)CC1CCC2(CCCC2)O1. The molecule has 2 heteroatoms. The maximum atomic E-state index is 6.41. The molecule has 2 unspecified atom stereocenters. The van der Waals surface area contributed by atoms with E-state index in [0.717, 1.165) is 12.5 Å². The third-order valence-corrected chi connectivity index (χ3v) is 4.64. The summed E-state index contributed by atoms with van der Waals surface area (Å²) >= 11 is 0. The third-order valence-electron chi connectivity index (χ3n) is 4.64. The van der Waals surface area contributed by atoms with Crippen LogP contribution >= 0.6 is 0 Å². The number of ether oxygens (including phenoxy) is 1. The number of nitrogens with one attached hydrogen (secondary N) is 1. The van der Waals surface area contributed by atoms with Crippen LogP contribution in [0.15, 0.2) is 0 Å². The van der Waals surface area contributed by atoms with Gasteiger partial charge in [0.25, 0.3) is 0 Å². The molecule has 2 nitrogen and oxygen atoms in total. The second-order valence-corrected chi connectivity index (χ2v) is 6.12. The van der Waals surface area contributed by atoms with E-state index in [-0.39, 0.29) is 0 Å². The minimum Gasteiger partial charge on any atom is -0.372 e. The van der Waals surface area contributed by atoms with E-state index in [4.69, 9.17) is 4.74 Å². The fraction of sp³-hybridized carbons (Fsp3) is 1.00. The molecule has 2 aliphatic rings. The van der Waals surface area contributed by atoms with Crippen LogP contribution in [0.5, 0.6) is 0 Å². The zero-order chi connectivity index (χ0) is 12.1. The highest BCUT2D eigenvalue weighted by molar-refractivity contribution is 4.93. The van der Waals surface area contributed by atoms with Crippen LogP contribution in [-0.4, -0.2) is 25.3 Å². The van der Waals surface area contributed by atoms with Gasteiger partial charge in [0.05, 0.1) is 11.7 Å². The molecule has 0 radical (unpaired) electrons. The molecule has 100 valence electrons. The molecule has 2 fully saturated rings. The highest BCUT2D eigenvalue weighted by Gasteiger charge is 2.42. The summed E-state index contributed by atoms with van der Waals surface area (Å²) in [6.07, 6.45) is 12.5. The number of rotatable bonds is 6. The molecule has 0 aromatic rings. The van der Waals surface area contributed by atoms with E-state index in [9.17, 15) is 0 Å². The Bertz CT molecular complexity index is 217. The zero-order valence-corrected chi connectivity index (χ0v) is 11.6. The summed E-state index contributed by atoms with van der Waals surface area (Å²) in [6, 6.07) is 0. The Morgan fingerprint density at radius 2 is 2.06 bits per heavy atom. The molecule has 1 aliphatic carbocycles. The minimum atomic E-state index is 0.321. The Balaban J connectivity index is 1.79. The van der Waals surface area contributed by atoms with E-state index in [0.29, 0.717) is 11.7 Å². The van der Waals surface area contributed by atoms with Crippen molar-refractivity contribution in [1.82, 2.24) is 5.32 Å². The van der Waals surface area contributed by atoms with Crippen LogP contribution in [0.4, 0.5) is 0 Å². The molecule has 1 saturated carbocycles. The molecule has 2 atom stereocenters. The van der Waals surface area contributed by atoms with Gasteiger partial charge >= 0.3 is 0 Å². The normalized spacial score (nSPS) is 28.9. The summed E-state index contributed by atoms with van der Waals surface area (Å²) in [5.41, 5.74) is 0.321. The number of hydrogen-bond donors (Lipinski definition) is 1. The van der Waals surface area contributed by atoms with Gasteiger partial charge in [-0.3, -0.25) is 0 Å². The van der Waals surface area contributed by atoms with Crippen molar-refractivity contribution in [1.29, 1.82) is 0 Å². The van der Waals surface area contributed by atoms with Gasteiger partial charge < -0.3 is 10.1 Å². The van der Waals surface area contributed by atoms with Gasteiger partial charge in [0, 0.05) is 0 Å². The van der Waals surface area contributed by atoms with E-state index in [1.807, 2.05) is 0 Å². The van der Waals surface area contributed by atoms with Crippen molar-refractivity contribution >= 4 is 0 Å². The van der Waals surface area contributed by atoms with Crippen LogP contribution in [0.2, 0.25) is 0 Å². The van der Waals surface area contributed by atoms with Gasteiger partial charge in [0.1, 0.15) is 0 Å². The smallest absolute Gasteiger partial charge is 0.0687 e. The zero-order valence-electron chi connectivity index (χ0n) is 11.6. The molecule has 1 saturated heterocycles. The van der Waals surface area contributed by atoms with Gasteiger partial charge in [-0.15, -0.1) is 0 Å². The summed E-state index contributed by atoms with van der Waals surface area (Å²) in [5, 5.41) is 3.33. The van der Waals surface area contributed by atoms with E-state index < -0.39 is 0 Å². The lowest BCUT2D eigenvalue weighted by molar-refractivity contribution is -0.0444. The maximum absolute atomic E-state index is 6.41. The van der Waals surface area contributed by atoms with Crippen LogP contribution in [0, 0.1) is 5.92 Å². The summed E-state index contributed by atoms with van der Waals surface area (Å²) < 4.78 is 6.41. The molecular weight excluding hydrogens is 210 g/mol. The van der Waals surface area contributed by atoms with Crippen molar-refractivity contribution in [3.63, 3.8) is 0 Å². The molecule has 0 bridgehead atoms. The maximum Gasteiger partial charge on any atom is 0.0687 e. The van der Waals surface area contributed by atoms with Gasteiger partial charge in [0.2, 0.25) is 0 Å². The van der Waals surface area contributed by atoms with Crippen molar-refractivity contribution in [2.45, 2.75) is 76.4 Å². The Hall–Kier alpha value is -0.0800. The van der Waals surface area contributed by atoms with Crippen molar-refractivity contribution in [3.8, 4) is 0 Å². The molecule has 1 aliphatic heterocycles. The first-order chi connectivity index (χ1) is 8.28. The predicted octanol–water partition coefficient (Wildman–Crippen LogP) is 3.50. The van der Waals surface area contributed by atoms with Crippen LogP contribution in [-0.2, 0) is 4.74 Å². The summed E-state index contributed by atoms with van der Waals surface area (Å²) in [5.74, 6) is 0.812. The monoisotopic (exact) mass is 239 g/mol. The van der Waals surface area contributed by atoms with Crippen molar-refractivity contribution in [2.24, 2.45) is 5.92 Å². The van der Waals surface area contributed by atoms with E-state index in [2.05, 4.69) is 19.3 Å². The van der Waals surface area contributed by atoms with Crippen LogP contribution in [0.25, 0.3) is 0 Å². The molecule has 0 aromatic heterocycles. The molecule has 1 heterocycles. The standard InChI is InChI=1S/C15H29NO/c1-3-6-13(12-16-2)11-14-7-10-15(17-14)8-4-5-9-15/h13-14,16H,3-12H2,1-2H3. The van der Waals surface area contributed by atoms with Gasteiger partial charge in [-0.2, -0.15) is 0 Å². The van der Waals surface area contributed by atoms with Gasteiger partial charge in [-0.05, 0) is 58.0 Å². The first-order valence-corrected chi connectivity index (χ1v) is 7.60. The second kappa shape index (κ2) is 6.19. The Morgan fingerprint density at radius 1 is 1.29 bits per heavy atom. The van der Waals surface area contributed by atoms with Crippen molar-refractivity contribution in [2.75, 3.05) is 13.6 Å². The summed E-state index contributed by atoms with van der Waals surface area (Å²) in [4.78, 5) is 0. The van der Waals surface area contributed by atoms with E-state index >= 15 is 0 Å². The first-order valence-electron chi connectivity index (χ1n) is 7.60. The third kappa shape index (κ3) is 3.45. The van der Waals surface area contributed by atoms with Crippen LogP contribution < -0.4 is 5.32 Å². The minimum absolute atomic E-state index is 0.321. The van der Waals surface area contributed by atoms with E-state index in [1.54, 1.807) is 0 Å². The molecule has 0 amide bonds. The topological polar surface area (TPSA) is 21.3 Å². The van der Waals surface area contributed by atoms with Crippen LogP contribution in [0.3, 0.4) is 0 Å². The quantitative estimate of drug-likeness (QED) is 0.766. The molecule has 17 heavy (non-hydrogen) atoms. The lowest BCUT2D eigenvalue weighted by Gasteiger charge is -2.26. The largest absolute Gasteiger partial charge is 0.372 e. The fourth-order valence-electron chi connectivity index (χ4n) is 3.82. The fourth-order valence-corrected chi connectivity index (χ4v) is 3.82. The average molecular weight is 239 g/mol. The Labute approximate surface area is 107 Å². The first kappa shape index (κ1) is 13.4. The predicted molar refractivity (Wildman–Crippen MR) is 72.2 cm³/mol. The van der Waals surface area contributed by atoms with Crippen molar-refractivity contribution in [3.05, 3.63) is 0 Å². The highest BCUT2D eigenvalue weighted by atomic mass is 16.5. The molecule has 2 rings (SSSR count). The van der Waals surface area contributed by atoms with Crippen molar-refractivity contribution < 1.29 is 4.74 Å². The molecule has 1 spiro atoms. The number of hydrogen-bond acceptors (Lipinski definition) is 2.